The Balaban J connectivity index is 5.69. The second-order valence-electron chi connectivity index (χ2n) is 8.47. The van der Waals surface area contributed by atoms with E-state index in [0.717, 1.165) is 6.08 Å². The van der Waals surface area contributed by atoms with Crippen molar-refractivity contribution in [3.63, 3.8) is 0 Å². The molecule has 0 saturated carbocycles. The lowest BCUT2D eigenvalue weighted by molar-refractivity contribution is -0.366. The SMILES string of the molecule is C=CCCC(CCC=C)(COCC(COOCC=C)(COOCC=C)COOCC=C)COC(=O)C=C. The quantitative estimate of drug-likeness (QED) is 0.0349. The van der Waals surface area contributed by atoms with Crippen molar-refractivity contribution in [2.45, 2.75) is 25.7 Å². The van der Waals surface area contributed by atoms with Crippen LogP contribution in [0.3, 0.4) is 0 Å². The summed E-state index contributed by atoms with van der Waals surface area (Å²) < 4.78 is 11.7. The van der Waals surface area contributed by atoms with Gasteiger partial charge in [0.05, 0.1) is 45.1 Å². The summed E-state index contributed by atoms with van der Waals surface area (Å²) in [6.45, 7) is 23.2. The summed E-state index contributed by atoms with van der Waals surface area (Å²) in [6, 6.07) is 0. The molecule has 0 radical (unpaired) electrons. The molecule has 0 saturated heterocycles. The van der Waals surface area contributed by atoms with Crippen LogP contribution in [0.25, 0.3) is 0 Å². The standard InChI is InChI=1S/C28H44O9/c1-7-13-15-27(16-14-8-2,22-31-26(29)12-6)20-30-21-28(23-35-32-17-9-3,24-36-33-18-10-4)25-37-34-19-11-5/h7-12H,1-6,13-25H2. The van der Waals surface area contributed by atoms with Crippen molar-refractivity contribution in [3.8, 4) is 0 Å². The highest BCUT2D eigenvalue weighted by Gasteiger charge is 2.37. The van der Waals surface area contributed by atoms with Crippen molar-refractivity contribution in [2.24, 2.45) is 10.8 Å². The average Bonchev–Trinajstić information content (AvgIpc) is 2.91. The molecule has 0 bridgehead atoms. The molecular formula is C28H44O9. The minimum Gasteiger partial charge on any atom is -0.462 e. The zero-order chi connectivity index (χ0) is 27.7. The Bertz CT molecular complexity index is 622. The molecule has 0 unspecified atom stereocenters. The zero-order valence-electron chi connectivity index (χ0n) is 22.1. The molecule has 0 rings (SSSR count). The molecule has 9 nitrogen and oxygen atoms in total. The Morgan fingerprint density at radius 1 is 0.541 bits per heavy atom. The number of esters is 1. The summed E-state index contributed by atoms with van der Waals surface area (Å²) in [6.07, 6.45) is 12.3. The first-order valence-corrected chi connectivity index (χ1v) is 12.1. The number of hydrogen-bond donors (Lipinski definition) is 0. The fraction of sp³-hybridized carbons (Fsp3) is 0.536. The van der Waals surface area contributed by atoms with Gasteiger partial charge in [0.25, 0.3) is 0 Å². The molecule has 0 heterocycles. The zero-order valence-corrected chi connectivity index (χ0v) is 22.1. The first-order valence-electron chi connectivity index (χ1n) is 12.1. The van der Waals surface area contributed by atoms with Crippen LogP contribution in [0.1, 0.15) is 25.7 Å². The molecule has 9 heteroatoms. The third kappa shape index (κ3) is 16.9. The third-order valence-electron chi connectivity index (χ3n) is 5.16. The van der Waals surface area contributed by atoms with E-state index in [9.17, 15) is 4.79 Å². The van der Waals surface area contributed by atoms with Crippen molar-refractivity contribution in [2.75, 3.05) is 59.5 Å². The number of carbonyl (C=O) groups excluding carboxylic acids is 1. The molecule has 0 spiro atoms. The van der Waals surface area contributed by atoms with Crippen molar-refractivity contribution in [1.29, 1.82) is 0 Å². The van der Waals surface area contributed by atoms with Gasteiger partial charge in [-0.2, -0.15) is 0 Å². The topological polar surface area (TPSA) is 90.9 Å². The van der Waals surface area contributed by atoms with Crippen LogP contribution < -0.4 is 0 Å². The summed E-state index contributed by atoms with van der Waals surface area (Å²) in [4.78, 5) is 43.4. The van der Waals surface area contributed by atoms with E-state index < -0.39 is 16.8 Å². The molecule has 37 heavy (non-hydrogen) atoms. The van der Waals surface area contributed by atoms with Gasteiger partial charge < -0.3 is 9.47 Å². The lowest BCUT2D eigenvalue weighted by Gasteiger charge is -2.36. The second kappa shape index (κ2) is 22.8. The molecule has 0 aliphatic rings. The Morgan fingerprint density at radius 2 is 0.973 bits per heavy atom. The smallest absolute Gasteiger partial charge is 0.330 e. The number of allylic oxidation sites excluding steroid dienone is 2. The van der Waals surface area contributed by atoms with Gasteiger partial charge in [-0.1, -0.05) is 37.0 Å². The van der Waals surface area contributed by atoms with E-state index in [-0.39, 0.29) is 59.5 Å². The van der Waals surface area contributed by atoms with E-state index in [0.29, 0.717) is 25.7 Å². The second-order valence-corrected chi connectivity index (χ2v) is 8.47. The Labute approximate surface area is 221 Å². The summed E-state index contributed by atoms with van der Waals surface area (Å²) in [5.41, 5.74) is -1.36. The van der Waals surface area contributed by atoms with Crippen LogP contribution in [0.15, 0.2) is 75.9 Å². The lowest BCUT2D eigenvalue weighted by atomic mass is 9.80. The van der Waals surface area contributed by atoms with Crippen LogP contribution in [-0.2, 0) is 43.6 Å². The monoisotopic (exact) mass is 524 g/mol. The van der Waals surface area contributed by atoms with Crippen LogP contribution in [0, 0.1) is 10.8 Å². The molecule has 0 atom stereocenters. The average molecular weight is 525 g/mol. The van der Waals surface area contributed by atoms with E-state index in [4.69, 9.17) is 38.8 Å². The van der Waals surface area contributed by atoms with Crippen molar-refractivity contribution >= 4 is 5.97 Å². The van der Waals surface area contributed by atoms with Gasteiger partial charge in [-0.05, 0) is 25.7 Å². The molecule has 210 valence electrons. The lowest BCUT2D eigenvalue weighted by Crippen LogP contribution is -2.43. The summed E-state index contributed by atoms with van der Waals surface area (Å²) in [5, 5.41) is 0. The Kier molecular flexibility index (Phi) is 21.3. The molecule has 0 amide bonds. The number of carbonyl (C=O) groups is 1. The summed E-state index contributed by atoms with van der Waals surface area (Å²) >= 11 is 0. The van der Waals surface area contributed by atoms with Crippen molar-refractivity contribution < 1.29 is 43.6 Å². The predicted molar refractivity (Wildman–Crippen MR) is 142 cm³/mol. The van der Waals surface area contributed by atoms with Gasteiger partial charge in [0.1, 0.15) is 19.8 Å². The van der Waals surface area contributed by atoms with E-state index in [1.165, 1.54) is 0 Å². The van der Waals surface area contributed by atoms with Gasteiger partial charge >= 0.3 is 5.97 Å². The van der Waals surface area contributed by atoms with Gasteiger partial charge in [-0.15, -0.1) is 32.9 Å². The maximum absolute atomic E-state index is 11.8. The van der Waals surface area contributed by atoms with Crippen molar-refractivity contribution in [3.05, 3.63) is 75.9 Å². The van der Waals surface area contributed by atoms with Crippen LogP contribution in [0.2, 0.25) is 0 Å². The normalized spacial score (nSPS) is 11.5. The molecule has 0 aliphatic heterocycles. The minimum absolute atomic E-state index is 0.0352. The maximum Gasteiger partial charge on any atom is 0.330 e. The highest BCUT2D eigenvalue weighted by molar-refractivity contribution is 5.81. The first-order chi connectivity index (χ1) is 18.0. The number of ether oxygens (including phenoxy) is 2. The van der Waals surface area contributed by atoms with Gasteiger partial charge in [0.2, 0.25) is 0 Å². The van der Waals surface area contributed by atoms with Crippen LogP contribution in [0.4, 0.5) is 0 Å². The largest absolute Gasteiger partial charge is 0.462 e. The van der Waals surface area contributed by atoms with Gasteiger partial charge in [0.15, 0.2) is 0 Å². The van der Waals surface area contributed by atoms with E-state index in [1.807, 2.05) is 12.2 Å². The first kappa shape index (κ1) is 34.6. The molecule has 0 N–H and O–H groups in total. The van der Waals surface area contributed by atoms with Crippen LogP contribution in [0.5, 0.6) is 0 Å². The number of rotatable bonds is 28. The van der Waals surface area contributed by atoms with Gasteiger partial charge in [-0.3, -0.25) is 0 Å². The highest BCUT2D eigenvalue weighted by Crippen LogP contribution is 2.33. The molecular weight excluding hydrogens is 480 g/mol. The third-order valence-corrected chi connectivity index (χ3v) is 5.16. The van der Waals surface area contributed by atoms with Crippen LogP contribution in [-0.4, -0.2) is 65.4 Å². The summed E-state index contributed by atoms with van der Waals surface area (Å²) in [7, 11) is 0. The molecule has 0 fully saturated rings. The van der Waals surface area contributed by atoms with E-state index >= 15 is 0 Å². The Hall–Kier alpha value is -2.37. The molecule has 0 aromatic rings. The van der Waals surface area contributed by atoms with E-state index in [2.05, 4.69) is 39.5 Å². The van der Waals surface area contributed by atoms with Gasteiger partial charge in [0, 0.05) is 11.5 Å². The predicted octanol–water partition coefficient (Wildman–Crippen LogP) is 5.04. The Morgan fingerprint density at radius 3 is 1.35 bits per heavy atom. The summed E-state index contributed by atoms with van der Waals surface area (Å²) in [5.74, 6) is -0.496. The molecule has 0 aromatic heterocycles. The fourth-order valence-corrected chi connectivity index (χ4v) is 3.08. The van der Waals surface area contributed by atoms with Crippen molar-refractivity contribution in [1.82, 2.24) is 0 Å². The molecule has 0 aromatic carbocycles. The highest BCUT2D eigenvalue weighted by atomic mass is 17.2. The minimum atomic E-state index is -0.885. The number of hydrogen-bond acceptors (Lipinski definition) is 9. The molecule has 0 aliphatic carbocycles. The van der Waals surface area contributed by atoms with E-state index in [1.54, 1.807) is 18.2 Å². The van der Waals surface area contributed by atoms with Crippen LogP contribution >= 0.6 is 0 Å². The maximum atomic E-state index is 11.8. The van der Waals surface area contributed by atoms with Gasteiger partial charge in [-0.25, -0.2) is 34.1 Å². The fourth-order valence-electron chi connectivity index (χ4n) is 3.08.